The van der Waals surface area contributed by atoms with Crippen LogP contribution >= 0.6 is 0 Å². The predicted octanol–water partition coefficient (Wildman–Crippen LogP) is 13.9. The lowest BCUT2D eigenvalue weighted by Gasteiger charge is -2.37. The van der Waals surface area contributed by atoms with Crippen molar-refractivity contribution < 1.29 is 0 Å². The number of rotatable bonds is 6. The van der Waals surface area contributed by atoms with E-state index in [-0.39, 0.29) is 0 Å². The SMILES string of the molecule is C1=CC2=C(CC1)C(c1ccccc1)(c1ccccc1)c1cc(N(c3ccc4ccccc4c3)c3ccc4c5ccccc5n(-c5ccccc5)c4c3)ccc12. The molecule has 8 aromatic carbocycles. The van der Waals surface area contributed by atoms with Crippen molar-refractivity contribution in [2.45, 2.75) is 18.3 Å². The van der Waals surface area contributed by atoms with E-state index in [1.807, 2.05) is 0 Å². The minimum absolute atomic E-state index is 0.410. The second-order valence-electron chi connectivity index (χ2n) is 14.8. The molecular weight excluding hydrogens is 665 g/mol. The molecule has 1 aromatic heterocycles. The lowest BCUT2D eigenvalue weighted by molar-refractivity contribution is 0.696. The zero-order chi connectivity index (χ0) is 36.3. The fourth-order valence-corrected chi connectivity index (χ4v) is 9.60. The number of fused-ring (bicyclic) bond motifs is 6. The van der Waals surface area contributed by atoms with Crippen molar-refractivity contribution in [1.82, 2.24) is 4.57 Å². The molecule has 9 aromatic rings. The number of para-hydroxylation sites is 2. The molecule has 0 radical (unpaired) electrons. The highest BCUT2D eigenvalue weighted by atomic mass is 15.1. The summed E-state index contributed by atoms with van der Waals surface area (Å²) in [5.41, 5.74) is 14.6. The molecule has 1 heterocycles. The molecule has 11 rings (SSSR count). The number of aromatic nitrogens is 1. The Kier molecular flexibility index (Phi) is 7.25. The number of benzene rings is 8. The van der Waals surface area contributed by atoms with E-state index in [9.17, 15) is 0 Å². The maximum absolute atomic E-state index is 2.49. The maximum Gasteiger partial charge on any atom is 0.0677 e. The first-order valence-corrected chi connectivity index (χ1v) is 19.3. The summed E-state index contributed by atoms with van der Waals surface area (Å²) in [6.45, 7) is 0. The highest BCUT2D eigenvalue weighted by Crippen LogP contribution is 2.58. The number of hydrogen-bond acceptors (Lipinski definition) is 1. The molecule has 0 saturated carbocycles. The molecule has 55 heavy (non-hydrogen) atoms. The van der Waals surface area contributed by atoms with Crippen LogP contribution in [0.25, 0.3) is 43.8 Å². The minimum Gasteiger partial charge on any atom is -0.310 e. The fraction of sp³-hybridized carbons (Fsp3) is 0.0566. The molecule has 2 aliphatic rings. The second-order valence-corrected chi connectivity index (χ2v) is 14.8. The van der Waals surface area contributed by atoms with Crippen molar-refractivity contribution in [3.05, 3.63) is 234 Å². The van der Waals surface area contributed by atoms with Crippen LogP contribution in [0.15, 0.2) is 212 Å². The summed E-state index contributed by atoms with van der Waals surface area (Å²) in [6, 6.07) is 71.7. The summed E-state index contributed by atoms with van der Waals surface area (Å²) in [5.74, 6) is 0. The van der Waals surface area contributed by atoms with Gasteiger partial charge in [-0.25, -0.2) is 0 Å². The number of anilines is 3. The van der Waals surface area contributed by atoms with Gasteiger partial charge in [0.2, 0.25) is 0 Å². The van der Waals surface area contributed by atoms with Crippen LogP contribution in [0.5, 0.6) is 0 Å². The summed E-state index contributed by atoms with van der Waals surface area (Å²) in [4.78, 5) is 2.47. The molecule has 2 aliphatic carbocycles. The van der Waals surface area contributed by atoms with Gasteiger partial charge in [-0.15, -0.1) is 0 Å². The lowest BCUT2D eigenvalue weighted by Crippen LogP contribution is -2.30. The van der Waals surface area contributed by atoms with E-state index in [0.29, 0.717) is 0 Å². The number of nitrogens with zero attached hydrogens (tertiary/aromatic N) is 2. The Morgan fingerprint density at radius 1 is 0.473 bits per heavy atom. The first kappa shape index (κ1) is 31.6. The van der Waals surface area contributed by atoms with Crippen LogP contribution in [-0.2, 0) is 5.41 Å². The molecule has 0 fully saturated rings. The van der Waals surface area contributed by atoms with Gasteiger partial charge in [-0.05, 0) is 112 Å². The van der Waals surface area contributed by atoms with Crippen molar-refractivity contribution in [3.8, 4) is 5.69 Å². The lowest BCUT2D eigenvalue weighted by atomic mass is 9.65. The van der Waals surface area contributed by atoms with Crippen LogP contribution in [0.3, 0.4) is 0 Å². The van der Waals surface area contributed by atoms with E-state index >= 15 is 0 Å². The van der Waals surface area contributed by atoms with Crippen molar-refractivity contribution in [2.24, 2.45) is 0 Å². The molecule has 0 spiro atoms. The van der Waals surface area contributed by atoms with Crippen molar-refractivity contribution in [1.29, 1.82) is 0 Å². The molecule has 260 valence electrons. The Bertz CT molecular complexity index is 2930. The normalized spacial score (nSPS) is 14.4. The quantitative estimate of drug-likeness (QED) is 0.167. The molecular formula is C53H38N2. The minimum atomic E-state index is -0.410. The third-order valence-corrected chi connectivity index (χ3v) is 11.9. The Morgan fingerprint density at radius 3 is 1.85 bits per heavy atom. The van der Waals surface area contributed by atoms with Crippen molar-refractivity contribution >= 4 is 55.2 Å². The Balaban J connectivity index is 1.20. The van der Waals surface area contributed by atoms with Crippen LogP contribution in [0.1, 0.15) is 35.1 Å². The largest absolute Gasteiger partial charge is 0.310 e. The first-order valence-electron chi connectivity index (χ1n) is 19.3. The van der Waals surface area contributed by atoms with Gasteiger partial charge in [-0.2, -0.15) is 0 Å². The van der Waals surface area contributed by atoms with Gasteiger partial charge >= 0.3 is 0 Å². The highest BCUT2D eigenvalue weighted by Gasteiger charge is 2.47. The standard InChI is InChI=1S/C53H38N2/c1-4-18-39(19-5-1)53(40-20-6-2-7-21-40)49-26-14-12-24-45(49)46-32-30-43(35-50(46)53)54(42-29-28-37-16-10-11-17-38(37)34-42)44-31-33-48-47-25-13-15-27-51(47)55(52(48)36-44)41-22-8-3-9-23-41/h1-13,15-25,27-36H,14,26H2. The van der Waals surface area contributed by atoms with Gasteiger partial charge in [0.15, 0.2) is 0 Å². The predicted molar refractivity (Wildman–Crippen MR) is 231 cm³/mol. The van der Waals surface area contributed by atoms with Crippen LogP contribution in [0, 0.1) is 0 Å². The zero-order valence-electron chi connectivity index (χ0n) is 30.4. The average molecular weight is 703 g/mol. The van der Waals surface area contributed by atoms with Gasteiger partial charge in [0.25, 0.3) is 0 Å². The van der Waals surface area contributed by atoms with Gasteiger partial charge in [-0.1, -0.05) is 152 Å². The summed E-state index contributed by atoms with van der Waals surface area (Å²) in [7, 11) is 0. The summed E-state index contributed by atoms with van der Waals surface area (Å²) < 4.78 is 2.41. The smallest absolute Gasteiger partial charge is 0.0677 e. The summed E-state index contributed by atoms with van der Waals surface area (Å²) in [6.07, 6.45) is 6.79. The van der Waals surface area contributed by atoms with Gasteiger partial charge in [-0.3, -0.25) is 0 Å². The molecule has 0 bridgehead atoms. The van der Waals surface area contributed by atoms with Gasteiger partial charge in [0.05, 0.1) is 16.4 Å². The third kappa shape index (κ3) is 4.81. The Labute approximate surface area is 321 Å². The molecule has 2 nitrogen and oxygen atoms in total. The third-order valence-electron chi connectivity index (χ3n) is 11.9. The molecule has 0 amide bonds. The molecule has 0 N–H and O–H groups in total. The summed E-state index contributed by atoms with van der Waals surface area (Å²) >= 11 is 0. The van der Waals surface area contributed by atoms with Crippen LogP contribution in [0.2, 0.25) is 0 Å². The van der Waals surface area contributed by atoms with Crippen molar-refractivity contribution in [2.75, 3.05) is 4.90 Å². The van der Waals surface area contributed by atoms with E-state index in [2.05, 4.69) is 216 Å². The summed E-state index contributed by atoms with van der Waals surface area (Å²) in [5, 5.41) is 4.95. The van der Waals surface area contributed by atoms with Gasteiger partial charge in [0, 0.05) is 33.5 Å². The van der Waals surface area contributed by atoms with Crippen molar-refractivity contribution in [3.63, 3.8) is 0 Å². The average Bonchev–Trinajstić information content (AvgIpc) is 3.75. The van der Waals surface area contributed by atoms with E-state index < -0.39 is 5.41 Å². The topological polar surface area (TPSA) is 8.17 Å². The molecule has 2 heteroatoms. The van der Waals surface area contributed by atoms with E-state index in [4.69, 9.17) is 0 Å². The number of allylic oxidation sites excluding steroid dienone is 4. The molecule has 0 atom stereocenters. The molecule has 0 aliphatic heterocycles. The van der Waals surface area contributed by atoms with Gasteiger partial charge in [0.1, 0.15) is 0 Å². The Hall–Kier alpha value is -6.90. The number of hydrogen-bond donors (Lipinski definition) is 0. The highest BCUT2D eigenvalue weighted by molar-refractivity contribution is 6.10. The Morgan fingerprint density at radius 2 is 1.07 bits per heavy atom. The van der Waals surface area contributed by atoms with E-state index in [0.717, 1.165) is 35.6 Å². The van der Waals surface area contributed by atoms with Gasteiger partial charge < -0.3 is 9.47 Å². The maximum atomic E-state index is 2.49. The molecule has 0 unspecified atom stereocenters. The van der Waals surface area contributed by atoms with E-state index in [1.54, 1.807) is 0 Å². The van der Waals surface area contributed by atoms with Crippen LogP contribution in [-0.4, -0.2) is 4.57 Å². The monoisotopic (exact) mass is 702 g/mol. The second kappa shape index (κ2) is 12.6. The fourth-order valence-electron chi connectivity index (χ4n) is 9.60. The zero-order valence-corrected chi connectivity index (χ0v) is 30.4. The van der Waals surface area contributed by atoms with E-state index in [1.165, 1.54) is 66.0 Å². The molecule has 0 saturated heterocycles. The first-order chi connectivity index (χ1) is 27.3. The van der Waals surface area contributed by atoms with Crippen LogP contribution < -0.4 is 4.90 Å². The van der Waals surface area contributed by atoms with Crippen LogP contribution in [0.4, 0.5) is 17.1 Å².